The van der Waals surface area contributed by atoms with Gasteiger partial charge in [0.15, 0.2) is 6.23 Å². The molecular weight excluding hydrogens is 476 g/mol. The number of rotatable bonds is 16. The molecule has 1 aliphatic rings. The Hall–Kier alpha value is -1.99. The quantitative estimate of drug-likeness (QED) is 0.201. The summed E-state index contributed by atoms with van der Waals surface area (Å²) in [7, 11) is 0. The first kappa shape index (κ1) is 29.2. The molecule has 0 unspecified atom stereocenters. The maximum absolute atomic E-state index is 12.3. The molecule has 1 aromatic rings. The van der Waals surface area contributed by atoms with Crippen molar-refractivity contribution in [3.05, 3.63) is 22.7 Å². The van der Waals surface area contributed by atoms with Gasteiger partial charge in [-0.15, -0.1) is 0 Å². The van der Waals surface area contributed by atoms with Gasteiger partial charge in [0.05, 0.1) is 6.61 Å². The Labute approximate surface area is 209 Å². The second-order valence-corrected chi connectivity index (χ2v) is 9.73. The van der Waals surface area contributed by atoms with Gasteiger partial charge >= 0.3 is 5.69 Å². The van der Waals surface area contributed by atoms with E-state index >= 15 is 0 Å². The van der Waals surface area contributed by atoms with Gasteiger partial charge in [-0.25, -0.2) is 4.79 Å². The van der Waals surface area contributed by atoms with Gasteiger partial charge < -0.3 is 30.7 Å². The lowest BCUT2D eigenvalue weighted by Crippen LogP contribution is -2.36. The average molecular weight is 515 g/mol. The summed E-state index contributed by atoms with van der Waals surface area (Å²) in [5.41, 5.74) is -0.801. The number of carbonyl (C=O) groups is 2. The Morgan fingerprint density at radius 2 is 1.83 bits per heavy atom. The molecule has 11 nitrogen and oxygen atoms in total. The smallest absolute Gasteiger partial charge is 0.351 e. The van der Waals surface area contributed by atoms with Crippen molar-refractivity contribution in [2.45, 2.75) is 82.8 Å². The highest BCUT2D eigenvalue weighted by molar-refractivity contribution is 7.99. The van der Waals surface area contributed by atoms with Crippen LogP contribution in [-0.4, -0.2) is 79.7 Å². The van der Waals surface area contributed by atoms with Gasteiger partial charge in [0.2, 0.25) is 11.8 Å². The van der Waals surface area contributed by atoms with Crippen molar-refractivity contribution in [1.29, 1.82) is 0 Å². The van der Waals surface area contributed by atoms with Crippen molar-refractivity contribution >= 4 is 29.4 Å². The zero-order valence-electron chi connectivity index (χ0n) is 20.2. The highest BCUT2D eigenvalue weighted by Gasteiger charge is 2.43. The first-order valence-electron chi connectivity index (χ1n) is 12.2. The number of amides is 2. The molecule has 4 atom stereocenters. The number of nitrogens with one attached hydrogen (secondary N) is 2. The van der Waals surface area contributed by atoms with Crippen LogP contribution in [0, 0.1) is 0 Å². The SMILES string of the molecule is CCCCCCCCSCCC(=O)NCCC(=O)Nc1ccn([C@@H]2O[C@H](CO)[C@@H](O)[C@@H]2O)c(=O)n1. The number of carbonyl (C=O) groups excluding carboxylic acids is 2. The Morgan fingerprint density at radius 1 is 1.09 bits per heavy atom. The number of aromatic nitrogens is 2. The number of unbranched alkanes of at least 4 members (excludes halogenated alkanes) is 5. The van der Waals surface area contributed by atoms with E-state index in [1.165, 1.54) is 50.8 Å². The van der Waals surface area contributed by atoms with Crippen LogP contribution in [0.15, 0.2) is 17.1 Å². The maximum atomic E-state index is 12.3. The minimum atomic E-state index is -1.41. The van der Waals surface area contributed by atoms with E-state index in [2.05, 4.69) is 22.5 Å². The number of hydrogen-bond acceptors (Lipinski definition) is 9. The summed E-state index contributed by atoms with van der Waals surface area (Å²) in [4.78, 5) is 40.1. The Bertz CT molecular complexity index is 853. The van der Waals surface area contributed by atoms with Gasteiger partial charge in [0.25, 0.3) is 0 Å². The molecule has 1 aromatic heterocycles. The van der Waals surface area contributed by atoms with Crippen molar-refractivity contribution in [2.75, 3.05) is 30.0 Å². The summed E-state index contributed by atoms with van der Waals surface area (Å²) in [6.45, 7) is 1.86. The lowest BCUT2D eigenvalue weighted by Gasteiger charge is -2.17. The standard InChI is InChI=1S/C23H38N4O7S/c1-2-3-4-5-6-7-13-35-14-10-18(29)24-11-8-19(30)25-17-9-12-27(23(33)26-17)22-21(32)20(31)16(15-28)34-22/h9,12,16,20-22,28,31-32H,2-8,10-11,13-15H2,1H3,(H,24,29)(H,25,26,30,33)/t16-,20-,21+,22-/m1/s1. The number of aliphatic hydroxyl groups is 3. The van der Waals surface area contributed by atoms with Crippen molar-refractivity contribution in [3.8, 4) is 0 Å². The topological polar surface area (TPSA) is 163 Å². The summed E-state index contributed by atoms with van der Waals surface area (Å²) >= 11 is 1.77. The van der Waals surface area contributed by atoms with E-state index in [-0.39, 0.29) is 24.7 Å². The monoisotopic (exact) mass is 514 g/mol. The predicted octanol–water partition coefficient (Wildman–Crippen LogP) is 0.783. The molecule has 2 heterocycles. The Morgan fingerprint density at radius 3 is 2.51 bits per heavy atom. The van der Waals surface area contributed by atoms with E-state index < -0.39 is 42.7 Å². The van der Waals surface area contributed by atoms with Crippen molar-refractivity contribution < 1.29 is 29.6 Å². The molecular formula is C23H38N4O7S. The molecule has 0 aliphatic carbocycles. The summed E-state index contributed by atoms with van der Waals surface area (Å²) in [6, 6.07) is 1.35. The minimum Gasteiger partial charge on any atom is -0.394 e. The van der Waals surface area contributed by atoms with Crippen LogP contribution in [0.25, 0.3) is 0 Å². The van der Waals surface area contributed by atoms with Gasteiger partial charge in [-0.3, -0.25) is 14.2 Å². The number of aliphatic hydroxyl groups excluding tert-OH is 3. The number of anilines is 1. The molecule has 1 saturated heterocycles. The van der Waals surface area contributed by atoms with Gasteiger partial charge in [-0.05, 0) is 18.2 Å². The van der Waals surface area contributed by atoms with E-state index in [0.29, 0.717) is 6.42 Å². The van der Waals surface area contributed by atoms with E-state index in [1.807, 2.05) is 0 Å². The van der Waals surface area contributed by atoms with Crippen molar-refractivity contribution in [2.24, 2.45) is 0 Å². The highest BCUT2D eigenvalue weighted by Crippen LogP contribution is 2.28. The van der Waals surface area contributed by atoms with Crippen molar-refractivity contribution in [3.63, 3.8) is 0 Å². The van der Waals surface area contributed by atoms with Gasteiger partial charge in [0.1, 0.15) is 24.1 Å². The minimum absolute atomic E-state index is 0.0143. The van der Waals surface area contributed by atoms with Gasteiger partial charge in [-0.2, -0.15) is 16.7 Å². The first-order valence-corrected chi connectivity index (χ1v) is 13.4. The zero-order valence-corrected chi connectivity index (χ0v) is 21.0. The van der Waals surface area contributed by atoms with E-state index in [1.54, 1.807) is 11.8 Å². The van der Waals surface area contributed by atoms with E-state index in [4.69, 9.17) is 9.84 Å². The van der Waals surface area contributed by atoms with Gasteiger partial charge in [-0.1, -0.05) is 39.0 Å². The fraction of sp³-hybridized carbons (Fsp3) is 0.739. The van der Waals surface area contributed by atoms with Crippen LogP contribution in [0.2, 0.25) is 0 Å². The normalized spacial score (nSPS) is 21.7. The third kappa shape index (κ3) is 9.88. The van der Waals surface area contributed by atoms with Crippen LogP contribution in [-0.2, 0) is 14.3 Å². The number of ether oxygens (including phenoxy) is 1. The number of nitrogens with zero attached hydrogens (tertiary/aromatic N) is 2. The van der Waals surface area contributed by atoms with Crippen LogP contribution in [0.1, 0.15) is 64.5 Å². The van der Waals surface area contributed by atoms with Crippen molar-refractivity contribution in [1.82, 2.24) is 14.9 Å². The molecule has 35 heavy (non-hydrogen) atoms. The lowest BCUT2D eigenvalue weighted by atomic mass is 10.1. The van der Waals surface area contributed by atoms with Crippen LogP contribution in [0.5, 0.6) is 0 Å². The fourth-order valence-corrected chi connectivity index (χ4v) is 4.59. The van der Waals surface area contributed by atoms with Gasteiger partial charge in [0, 0.05) is 31.3 Å². The van der Waals surface area contributed by atoms with Crippen LogP contribution in [0.4, 0.5) is 5.82 Å². The first-order chi connectivity index (χ1) is 16.9. The Balaban J connectivity index is 1.63. The molecule has 198 valence electrons. The molecule has 1 fully saturated rings. The zero-order chi connectivity index (χ0) is 25.6. The fourth-order valence-electron chi connectivity index (χ4n) is 3.65. The molecule has 2 amide bonds. The number of thioether (sulfide) groups is 1. The molecule has 5 N–H and O–H groups in total. The second kappa shape index (κ2) is 15.9. The van der Waals surface area contributed by atoms with Crippen LogP contribution < -0.4 is 16.3 Å². The molecule has 0 radical (unpaired) electrons. The van der Waals surface area contributed by atoms with E-state index in [9.17, 15) is 24.6 Å². The summed E-state index contributed by atoms with van der Waals surface area (Å²) < 4.78 is 6.28. The molecule has 2 rings (SSSR count). The summed E-state index contributed by atoms with van der Waals surface area (Å²) in [5, 5.41) is 34.2. The second-order valence-electron chi connectivity index (χ2n) is 8.51. The highest BCUT2D eigenvalue weighted by atomic mass is 32.2. The molecule has 0 aromatic carbocycles. The summed E-state index contributed by atoms with van der Waals surface area (Å²) in [6.07, 6.45) is 4.26. The summed E-state index contributed by atoms with van der Waals surface area (Å²) in [5.74, 6) is 1.30. The van der Waals surface area contributed by atoms with E-state index in [0.717, 1.165) is 16.1 Å². The molecule has 0 bridgehead atoms. The maximum Gasteiger partial charge on any atom is 0.351 e. The third-order valence-electron chi connectivity index (χ3n) is 5.68. The molecule has 1 aliphatic heterocycles. The molecule has 0 spiro atoms. The van der Waals surface area contributed by atoms with Crippen LogP contribution >= 0.6 is 11.8 Å². The predicted molar refractivity (Wildman–Crippen MR) is 133 cm³/mol. The number of hydrogen-bond donors (Lipinski definition) is 5. The lowest BCUT2D eigenvalue weighted by molar-refractivity contribution is -0.120. The third-order valence-corrected chi connectivity index (χ3v) is 6.75. The largest absolute Gasteiger partial charge is 0.394 e. The average Bonchev–Trinajstić information content (AvgIpc) is 3.11. The molecule has 0 saturated carbocycles. The Kier molecular flexibility index (Phi) is 13.3. The molecule has 12 heteroatoms. The van der Waals surface area contributed by atoms with Crippen LogP contribution in [0.3, 0.4) is 0 Å².